The molecular weight excluding hydrogens is 733 g/mol. The maximum Gasteiger partial charge on any atom is 0.266 e. The van der Waals surface area contributed by atoms with E-state index in [1.54, 1.807) is 0 Å². The molecule has 6 aromatic rings. The van der Waals surface area contributed by atoms with Crippen LogP contribution in [0.5, 0.6) is 23.0 Å². The lowest BCUT2D eigenvalue weighted by Gasteiger charge is -2.47. The van der Waals surface area contributed by atoms with Crippen molar-refractivity contribution in [3.05, 3.63) is 157 Å². The summed E-state index contributed by atoms with van der Waals surface area (Å²) in [5, 5.41) is 4.31. The van der Waals surface area contributed by atoms with Crippen LogP contribution in [0, 0.1) is 0 Å². The van der Waals surface area contributed by atoms with Crippen LogP contribution >= 0.6 is 0 Å². The number of ether oxygens (including phenoxy) is 6. The average Bonchev–Trinajstić information content (AvgIpc) is 3.26. The molecule has 11 rings (SSSR count). The number of β-lactam (4-membered cyclic amide) rings is 2. The minimum atomic E-state index is -0.745. The number of hydrogen-bond donors (Lipinski definition) is 0. The Morgan fingerprint density at radius 2 is 0.828 bits per heavy atom. The van der Waals surface area contributed by atoms with Gasteiger partial charge in [0.15, 0.2) is 23.0 Å². The molecule has 294 valence electrons. The molecule has 0 aromatic heterocycles. The third kappa shape index (κ3) is 7.44. The Hall–Kier alpha value is -6.36. The molecule has 2 fully saturated rings. The second-order valence-corrected chi connectivity index (χ2v) is 14.4. The first-order valence-electron chi connectivity index (χ1n) is 19.8. The van der Waals surface area contributed by atoms with Gasteiger partial charge in [-0.25, -0.2) is 0 Å². The number of para-hydroxylation sites is 4. The van der Waals surface area contributed by atoms with Gasteiger partial charge in [0.05, 0.1) is 26.4 Å². The van der Waals surface area contributed by atoms with E-state index in [2.05, 4.69) is 48.5 Å². The molecule has 0 spiro atoms. The van der Waals surface area contributed by atoms with Crippen molar-refractivity contribution in [2.24, 2.45) is 0 Å². The van der Waals surface area contributed by atoms with Crippen molar-refractivity contribution >= 4 is 33.4 Å². The summed E-state index contributed by atoms with van der Waals surface area (Å²) in [5.41, 5.74) is 2.02. The van der Waals surface area contributed by atoms with Crippen LogP contribution in [-0.2, 0) is 19.1 Å². The molecule has 0 aliphatic carbocycles. The van der Waals surface area contributed by atoms with Crippen molar-refractivity contribution in [3.63, 3.8) is 0 Å². The van der Waals surface area contributed by atoms with Gasteiger partial charge in [-0.2, -0.15) is 0 Å². The molecule has 4 bridgehead atoms. The average molecular weight is 777 g/mol. The largest absolute Gasteiger partial charge is 0.486 e. The van der Waals surface area contributed by atoms with Crippen LogP contribution in [0.1, 0.15) is 23.2 Å². The SMILES string of the molecule is O=C1[C@H]2Oc3ccccc3OC/C=C/COc3ccccc3O[C@H]3C(=O)N(CCOCCOCCN1[C@@H]2c1cccc2ccccc12)[C@H]3c1cccc2ccccc12. The number of rotatable bonds is 2. The predicted molar refractivity (Wildman–Crippen MR) is 220 cm³/mol. The van der Waals surface area contributed by atoms with E-state index < -0.39 is 12.2 Å². The zero-order chi connectivity index (χ0) is 39.3. The van der Waals surface area contributed by atoms with Crippen LogP contribution in [-0.4, -0.2) is 86.6 Å². The van der Waals surface area contributed by atoms with Crippen LogP contribution in [0.3, 0.4) is 0 Å². The molecule has 6 aromatic carbocycles. The molecule has 58 heavy (non-hydrogen) atoms. The van der Waals surface area contributed by atoms with E-state index in [0.29, 0.717) is 62.5 Å². The number of carbonyl (C=O) groups is 2. The van der Waals surface area contributed by atoms with Crippen molar-refractivity contribution in [2.45, 2.75) is 24.3 Å². The van der Waals surface area contributed by atoms with Crippen molar-refractivity contribution < 1.29 is 38.0 Å². The fourth-order valence-corrected chi connectivity index (χ4v) is 8.11. The molecule has 0 saturated carbocycles. The second kappa shape index (κ2) is 17.0. The van der Waals surface area contributed by atoms with E-state index in [1.807, 2.05) is 107 Å². The number of benzene rings is 6. The summed E-state index contributed by atoms with van der Waals surface area (Å²) < 4.78 is 37.3. The number of hydrogen-bond acceptors (Lipinski definition) is 8. The molecule has 5 heterocycles. The van der Waals surface area contributed by atoms with Gasteiger partial charge in [0.25, 0.3) is 11.8 Å². The van der Waals surface area contributed by atoms with E-state index >= 15 is 0 Å². The predicted octanol–water partition coefficient (Wildman–Crippen LogP) is 7.72. The zero-order valence-corrected chi connectivity index (χ0v) is 32.0. The lowest BCUT2D eigenvalue weighted by atomic mass is 9.87. The first-order chi connectivity index (χ1) is 28.7. The first kappa shape index (κ1) is 37.2. The molecule has 2 saturated heterocycles. The standard InChI is InChI=1S/C48H44N2O8/c51-47-45-43(37-19-11-15-33-13-1-3-17-35(33)37)49(47)25-29-53-31-32-54-30-26-50-44(38-20-12-16-34-14-2-4-18-36(34)38)46(48(50)52)58-42-24-8-6-22-40(42)56-28-10-9-27-55-39-21-5-7-23-41(39)57-45/h1-24,43-46H,25-32H2/b10-9+/t43-,44+,45+,46-. The van der Waals surface area contributed by atoms with E-state index in [-0.39, 0.29) is 37.1 Å². The maximum absolute atomic E-state index is 13.8. The Morgan fingerprint density at radius 1 is 0.431 bits per heavy atom. The Kier molecular flexibility index (Phi) is 10.9. The highest BCUT2D eigenvalue weighted by atomic mass is 16.5. The molecule has 5 aliphatic rings. The normalized spacial score (nSPS) is 22.5. The molecule has 4 atom stereocenters. The van der Waals surface area contributed by atoms with Crippen LogP contribution < -0.4 is 18.9 Å². The molecular formula is C48H44N2O8. The van der Waals surface area contributed by atoms with Crippen LogP contribution in [0.15, 0.2) is 146 Å². The van der Waals surface area contributed by atoms with Crippen LogP contribution in [0.4, 0.5) is 0 Å². The van der Waals surface area contributed by atoms with Crippen LogP contribution in [0.25, 0.3) is 21.5 Å². The Bertz CT molecular complexity index is 2270. The molecule has 5 aliphatic heterocycles. The van der Waals surface area contributed by atoms with E-state index in [4.69, 9.17) is 28.4 Å². The van der Waals surface area contributed by atoms with Gasteiger partial charge in [-0.1, -0.05) is 109 Å². The highest BCUT2D eigenvalue weighted by Crippen LogP contribution is 2.43. The molecule has 10 nitrogen and oxygen atoms in total. The summed E-state index contributed by atoms with van der Waals surface area (Å²) in [4.78, 5) is 31.3. The Balaban J connectivity index is 0.965. The third-order valence-corrected chi connectivity index (χ3v) is 11.0. The highest BCUT2D eigenvalue weighted by molar-refractivity contribution is 5.94. The van der Waals surface area contributed by atoms with Gasteiger partial charge >= 0.3 is 0 Å². The number of nitrogens with zero attached hydrogens (tertiary/aromatic N) is 2. The van der Waals surface area contributed by atoms with Crippen molar-refractivity contribution in [3.8, 4) is 23.0 Å². The van der Waals surface area contributed by atoms with Gasteiger partial charge in [-0.05, 0) is 69.1 Å². The monoisotopic (exact) mass is 776 g/mol. The molecule has 0 N–H and O–H groups in total. The Labute approximate surface area is 337 Å². The fourth-order valence-electron chi connectivity index (χ4n) is 8.11. The topological polar surface area (TPSA) is 96.0 Å². The van der Waals surface area contributed by atoms with Crippen LogP contribution in [0.2, 0.25) is 0 Å². The molecule has 2 amide bonds. The molecule has 0 radical (unpaired) electrons. The van der Waals surface area contributed by atoms with E-state index in [1.165, 1.54) is 0 Å². The number of amides is 2. The van der Waals surface area contributed by atoms with Gasteiger partial charge in [0, 0.05) is 13.1 Å². The first-order valence-corrected chi connectivity index (χ1v) is 19.8. The van der Waals surface area contributed by atoms with Gasteiger partial charge in [0.2, 0.25) is 12.2 Å². The van der Waals surface area contributed by atoms with Gasteiger partial charge in [-0.3, -0.25) is 9.59 Å². The molecule has 0 unspecified atom stereocenters. The summed E-state index contributed by atoms with van der Waals surface area (Å²) >= 11 is 0. The lowest BCUT2D eigenvalue weighted by molar-refractivity contribution is -0.166. The quantitative estimate of drug-likeness (QED) is 0.130. The van der Waals surface area contributed by atoms with Gasteiger partial charge < -0.3 is 38.2 Å². The van der Waals surface area contributed by atoms with Gasteiger partial charge in [0.1, 0.15) is 25.3 Å². The number of carbonyl (C=O) groups excluding carboxylic acids is 2. The van der Waals surface area contributed by atoms with E-state index in [0.717, 1.165) is 32.7 Å². The lowest BCUT2D eigenvalue weighted by Crippen LogP contribution is -2.62. The maximum atomic E-state index is 13.8. The summed E-state index contributed by atoms with van der Waals surface area (Å²) in [7, 11) is 0. The highest BCUT2D eigenvalue weighted by Gasteiger charge is 2.52. The van der Waals surface area contributed by atoms with Crippen molar-refractivity contribution in [1.82, 2.24) is 9.80 Å². The smallest absolute Gasteiger partial charge is 0.266 e. The molecule has 10 heteroatoms. The zero-order valence-electron chi connectivity index (χ0n) is 32.0. The minimum absolute atomic E-state index is 0.117. The Morgan fingerprint density at radius 3 is 1.29 bits per heavy atom. The van der Waals surface area contributed by atoms with Crippen molar-refractivity contribution in [1.29, 1.82) is 0 Å². The van der Waals surface area contributed by atoms with Crippen molar-refractivity contribution in [2.75, 3.05) is 52.7 Å². The summed E-state index contributed by atoms with van der Waals surface area (Å²) in [5.74, 6) is 1.80. The summed E-state index contributed by atoms with van der Waals surface area (Å²) in [6.45, 7) is 2.60. The summed E-state index contributed by atoms with van der Waals surface area (Å²) in [6.07, 6.45) is 2.24. The third-order valence-electron chi connectivity index (χ3n) is 11.0. The fraction of sp³-hybridized carbons (Fsp3) is 0.250. The van der Waals surface area contributed by atoms with Gasteiger partial charge in [-0.15, -0.1) is 0 Å². The number of fused-ring (bicyclic) bond motifs is 2. The minimum Gasteiger partial charge on any atom is -0.486 e. The van der Waals surface area contributed by atoms with E-state index in [9.17, 15) is 9.59 Å². The summed E-state index contributed by atoms with van der Waals surface area (Å²) in [6, 6.07) is 42.8. The second-order valence-electron chi connectivity index (χ2n) is 14.4.